The Morgan fingerprint density at radius 3 is 2.18 bits per heavy atom. The van der Waals surface area contributed by atoms with Gasteiger partial charge in [0.05, 0.1) is 12.9 Å². The van der Waals surface area contributed by atoms with Crippen molar-refractivity contribution in [3.63, 3.8) is 0 Å². The van der Waals surface area contributed by atoms with Crippen LogP contribution in [-0.4, -0.2) is 38.9 Å². The van der Waals surface area contributed by atoms with E-state index in [9.17, 15) is 9.59 Å². The highest BCUT2D eigenvalue weighted by molar-refractivity contribution is 5.81. The second-order valence-electron chi connectivity index (χ2n) is 6.99. The normalized spacial score (nSPS) is 13.4. The molecule has 124 valence electrons. The van der Waals surface area contributed by atoms with Crippen molar-refractivity contribution in [3.05, 3.63) is 18.7 Å². The molecule has 1 amide bonds. The number of carbonyl (C=O) groups is 2. The van der Waals surface area contributed by atoms with E-state index in [0.717, 1.165) is 0 Å². The van der Waals surface area contributed by atoms with E-state index in [-0.39, 0.29) is 6.54 Å². The SMILES string of the molecule is CC(C)(C)OC(=O)N[C@@H](Cn1ccnc1)C(=O)OC(C)(C)C. The van der Waals surface area contributed by atoms with E-state index in [1.54, 1.807) is 64.8 Å². The Labute approximate surface area is 131 Å². The van der Waals surface area contributed by atoms with Gasteiger partial charge in [0.2, 0.25) is 0 Å². The summed E-state index contributed by atoms with van der Waals surface area (Å²) in [5, 5.41) is 2.55. The summed E-state index contributed by atoms with van der Waals surface area (Å²) in [5.74, 6) is -0.521. The van der Waals surface area contributed by atoms with Crippen LogP contribution in [-0.2, 0) is 20.8 Å². The van der Waals surface area contributed by atoms with Crippen molar-refractivity contribution in [1.29, 1.82) is 0 Å². The van der Waals surface area contributed by atoms with Crippen LogP contribution in [0.15, 0.2) is 18.7 Å². The van der Waals surface area contributed by atoms with Gasteiger partial charge in [-0.05, 0) is 41.5 Å². The van der Waals surface area contributed by atoms with E-state index >= 15 is 0 Å². The van der Waals surface area contributed by atoms with Crippen LogP contribution in [0.3, 0.4) is 0 Å². The molecule has 0 aliphatic rings. The molecule has 0 saturated heterocycles. The van der Waals surface area contributed by atoms with Crippen molar-refractivity contribution < 1.29 is 19.1 Å². The molecule has 0 unspecified atom stereocenters. The first kappa shape index (κ1) is 18.0. The molecule has 1 aromatic heterocycles. The fourth-order valence-corrected chi connectivity index (χ4v) is 1.61. The van der Waals surface area contributed by atoms with Crippen LogP contribution >= 0.6 is 0 Å². The fourth-order valence-electron chi connectivity index (χ4n) is 1.61. The van der Waals surface area contributed by atoms with Gasteiger partial charge in [0.15, 0.2) is 0 Å². The average Bonchev–Trinajstić information content (AvgIpc) is 2.75. The summed E-state index contributed by atoms with van der Waals surface area (Å²) in [5.41, 5.74) is -1.28. The van der Waals surface area contributed by atoms with Crippen LogP contribution in [0.4, 0.5) is 4.79 Å². The van der Waals surface area contributed by atoms with E-state index in [4.69, 9.17) is 9.47 Å². The quantitative estimate of drug-likeness (QED) is 0.861. The molecule has 1 heterocycles. The summed E-state index contributed by atoms with van der Waals surface area (Å²) >= 11 is 0. The van der Waals surface area contributed by atoms with Crippen molar-refractivity contribution in [2.75, 3.05) is 0 Å². The smallest absolute Gasteiger partial charge is 0.408 e. The van der Waals surface area contributed by atoms with Crippen molar-refractivity contribution in [3.8, 4) is 0 Å². The van der Waals surface area contributed by atoms with Gasteiger partial charge >= 0.3 is 12.1 Å². The summed E-state index contributed by atoms with van der Waals surface area (Å²) in [6, 6.07) is -0.858. The number of carbonyl (C=O) groups excluding carboxylic acids is 2. The first-order valence-corrected chi connectivity index (χ1v) is 7.14. The number of hydrogen-bond acceptors (Lipinski definition) is 5. The van der Waals surface area contributed by atoms with E-state index < -0.39 is 29.3 Å². The Hall–Kier alpha value is -2.05. The first-order chi connectivity index (χ1) is 9.96. The number of amides is 1. The third-order valence-electron chi connectivity index (χ3n) is 2.33. The minimum absolute atomic E-state index is 0.216. The third-order valence-corrected chi connectivity index (χ3v) is 2.33. The van der Waals surface area contributed by atoms with Gasteiger partial charge in [-0.3, -0.25) is 0 Å². The minimum Gasteiger partial charge on any atom is -0.458 e. The molecule has 0 fully saturated rings. The topological polar surface area (TPSA) is 82.5 Å². The molecule has 7 heteroatoms. The van der Waals surface area contributed by atoms with Crippen LogP contribution in [0, 0.1) is 0 Å². The lowest BCUT2D eigenvalue weighted by atomic mass is 10.2. The van der Waals surface area contributed by atoms with Gasteiger partial charge in [0, 0.05) is 12.4 Å². The zero-order chi connectivity index (χ0) is 17.0. The van der Waals surface area contributed by atoms with Gasteiger partial charge in [0.25, 0.3) is 0 Å². The number of imidazole rings is 1. The molecule has 0 aromatic carbocycles. The molecule has 0 aliphatic heterocycles. The van der Waals surface area contributed by atoms with E-state index in [1.165, 1.54) is 0 Å². The second-order valence-corrected chi connectivity index (χ2v) is 6.99. The predicted octanol–water partition coefficient (Wildman–Crippen LogP) is 2.12. The minimum atomic E-state index is -0.858. The molecule has 1 rings (SSSR count). The monoisotopic (exact) mass is 311 g/mol. The highest BCUT2D eigenvalue weighted by Crippen LogP contribution is 2.11. The van der Waals surface area contributed by atoms with Gasteiger partial charge in [-0.2, -0.15) is 0 Å². The van der Waals surface area contributed by atoms with Gasteiger partial charge in [0.1, 0.15) is 17.2 Å². The lowest BCUT2D eigenvalue weighted by Crippen LogP contribution is -2.48. The van der Waals surface area contributed by atoms with Crippen molar-refractivity contribution in [2.45, 2.75) is 65.3 Å². The standard InChI is InChI=1S/C15H25N3O4/c1-14(2,3)21-12(19)11(9-18-8-7-16-10-18)17-13(20)22-15(4,5)6/h7-8,10-11H,9H2,1-6H3,(H,17,20)/t11-/m0/s1. The zero-order valence-electron chi connectivity index (χ0n) is 14.0. The Bertz CT molecular complexity index is 498. The zero-order valence-corrected chi connectivity index (χ0v) is 14.0. The van der Waals surface area contributed by atoms with Crippen molar-refractivity contribution >= 4 is 12.1 Å². The largest absolute Gasteiger partial charge is 0.458 e. The summed E-state index contributed by atoms with van der Waals surface area (Å²) in [6.45, 7) is 10.8. The number of hydrogen-bond donors (Lipinski definition) is 1. The fraction of sp³-hybridized carbons (Fsp3) is 0.667. The van der Waals surface area contributed by atoms with Gasteiger partial charge in [-0.25, -0.2) is 14.6 Å². The highest BCUT2D eigenvalue weighted by atomic mass is 16.6. The maximum Gasteiger partial charge on any atom is 0.408 e. The van der Waals surface area contributed by atoms with Crippen LogP contribution < -0.4 is 5.32 Å². The number of esters is 1. The van der Waals surface area contributed by atoms with Gasteiger partial charge in [-0.1, -0.05) is 0 Å². The Morgan fingerprint density at radius 1 is 1.14 bits per heavy atom. The number of aromatic nitrogens is 2. The third kappa shape index (κ3) is 7.10. The maximum absolute atomic E-state index is 12.3. The Kier molecular flexibility index (Phi) is 5.57. The molecule has 0 spiro atoms. The molecule has 0 bridgehead atoms. The van der Waals surface area contributed by atoms with Crippen molar-refractivity contribution in [1.82, 2.24) is 14.9 Å². The lowest BCUT2D eigenvalue weighted by Gasteiger charge is -2.26. The van der Waals surface area contributed by atoms with Gasteiger partial charge in [-0.15, -0.1) is 0 Å². The summed E-state index contributed by atoms with van der Waals surface area (Å²) in [4.78, 5) is 28.1. The molecule has 1 aromatic rings. The average molecular weight is 311 g/mol. The van der Waals surface area contributed by atoms with E-state index in [2.05, 4.69) is 10.3 Å². The van der Waals surface area contributed by atoms with E-state index in [0.29, 0.717) is 0 Å². The predicted molar refractivity (Wildman–Crippen MR) is 81.2 cm³/mol. The van der Waals surface area contributed by atoms with Gasteiger partial charge < -0.3 is 19.4 Å². The highest BCUT2D eigenvalue weighted by Gasteiger charge is 2.28. The number of alkyl carbamates (subject to hydrolysis) is 1. The summed E-state index contributed by atoms with van der Waals surface area (Å²) < 4.78 is 12.2. The summed E-state index contributed by atoms with van der Waals surface area (Å²) in [6.07, 6.45) is 4.20. The number of nitrogens with zero attached hydrogens (tertiary/aromatic N) is 2. The van der Waals surface area contributed by atoms with Crippen LogP contribution in [0.2, 0.25) is 0 Å². The molecule has 1 atom stereocenters. The Morgan fingerprint density at radius 2 is 1.73 bits per heavy atom. The molecule has 22 heavy (non-hydrogen) atoms. The van der Waals surface area contributed by atoms with Crippen LogP contribution in [0.5, 0.6) is 0 Å². The number of ether oxygens (including phenoxy) is 2. The Balaban J connectivity index is 2.77. The van der Waals surface area contributed by atoms with Crippen LogP contribution in [0.25, 0.3) is 0 Å². The molecule has 7 nitrogen and oxygen atoms in total. The van der Waals surface area contributed by atoms with Crippen molar-refractivity contribution in [2.24, 2.45) is 0 Å². The second kappa shape index (κ2) is 6.81. The number of nitrogens with one attached hydrogen (secondary N) is 1. The first-order valence-electron chi connectivity index (χ1n) is 7.14. The van der Waals surface area contributed by atoms with E-state index in [1.807, 2.05) is 0 Å². The molecule has 0 aliphatic carbocycles. The molecule has 0 radical (unpaired) electrons. The molecule has 0 saturated carbocycles. The molecular formula is C15H25N3O4. The number of rotatable bonds is 4. The molecular weight excluding hydrogens is 286 g/mol. The molecule has 1 N–H and O–H groups in total. The maximum atomic E-state index is 12.3. The van der Waals surface area contributed by atoms with Crippen LogP contribution in [0.1, 0.15) is 41.5 Å². The lowest BCUT2D eigenvalue weighted by molar-refractivity contribution is -0.157. The summed E-state index contributed by atoms with van der Waals surface area (Å²) in [7, 11) is 0.